The highest BCUT2D eigenvalue weighted by atomic mass is 16.6. The first-order valence-corrected chi connectivity index (χ1v) is 6.07. The van der Waals surface area contributed by atoms with E-state index in [1.54, 1.807) is 7.05 Å². The second kappa shape index (κ2) is 6.18. The minimum absolute atomic E-state index is 0.0616. The Hall–Kier alpha value is -1.85. The normalized spacial score (nSPS) is 10.5. The van der Waals surface area contributed by atoms with E-state index in [0.717, 1.165) is 13.1 Å². The number of nitrogens with one attached hydrogen (secondary N) is 1. The van der Waals surface area contributed by atoms with Crippen LogP contribution in [0.25, 0.3) is 0 Å². The van der Waals surface area contributed by atoms with Gasteiger partial charge in [-0.1, -0.05) is 13.8 Å². The predicted molar refractivity (Wildman–Crippen MR) is 73.2 cm³/mol. The van der Waals surface area contributed by atoms with Crippen molar-refractivity contribution >= 4 is 17.3 Å². The van der Waals surface area contributed by atoms with Gasteiger partial charge in [0.05, 0.1) is 17.1 Å². The maximum Gasteiger partial charge on any atom is 0.276 e. The molecule has 0 amide bonds. The minimum Gasteiger partial charge on any atom is -0.373 e. The summed E-state index contributed by atoms with van der Waals surface area (Å²) in [6, 6.07) is 2.96. The fourth-order valence-electron chi connectivity index (χ4n) is 1.72. The topological polar surface area (TPSA) is 71.3 Å². The molecule has 1 heterocycles. The molecule has 6 heteroatoms. The molecule has 0 bridgehead atoms. The van der Waals surface area contributed by atoms with E-state index in [4.69, 9.17) is 0 Å². The fourth-order valence-corrected chi connectivity index (χ4v) is 1.72. The van der Waals surface area contributed by atoms with Crippen molar-refractivity contribution in [2.75, 3.05) is 30.4 Å². The molecule has 0 spiro atoms. The molecule has 0 aromatic carbocycles. The van der Waals surface area contributed by atoms with Crippen LogP contribution in [0.3, 0.4) is 0 Å². The summed E-state index contributed by atoms with van der Waals surface area (Å²) in [6.45, 7) is 7.84. The van der Waals surface area contributed by atoms with Gasteiger partial charge < -0.3 is 10.2 Å². The summed E-state index contributed by atoms with van der Waals surface area (Å²) in [6.07, 6.45) is 0. The highest BCUT2D eigenvalue weighted by Gasteiger charge is 2.15. The van der Waals surface area contributed by atoms with Crippen LogP contribution in [0, 0.1) is 16.0 Å². The SMILES string of the molecule is CCN(CC(C)C)c1cc([N+](=O)[O-])cc(NC)n1. The molecule has 100 valence electrons. The third kappa shape index (κ3) is 3.58. The van der Waals surface area contributed by atoms with Crippen LogP contribution in [0.15, 0.2) is 12.1 Å². The third-order valence-corrected chi connectivity index (χ3v) is 2.55. The molecule has 0 aliphatic rings. The summed E-state index contributed by atoms with van der Waals surface area (Å²) in [4.78, 5) is 16.9. The van der Waals surface area contributed by atoms with Crippen LogP contribution in [0.4, 0.5) is 17.3 Å². The average Bonchev–Trinajstić information content (AvgIpc) is 2.34. The molecule has 0 fully saturated rings. The number of anilines is 2. The third-order valence-electron chi connectivity index (χ3n) is 2.55. The van der Waals surface area contributed by atoms with Gasteiger partial charge >= 0.3 is 0 Å². The Bertz CT molecular complexity index is 421. The zero-order valence-corrected chi connectivity index (χ0v) is 11.3. The Morgan fingerprint density at radius 1 is 1.50 bits per heavy atom. The average molecular weight is 252 g/mol. The molecule has 0 aliphatic carbocycles. The number of hydrogen-bond donors (Lipinski definition) is 1. The van der Waals surface area contributed by atoms with Crippen LogP contribution < -0.4 is 10.2 Å². The molecule has 0 saturated carbocycles. The molecule has 0 unspecified atom stereocenters. The standard InChI is InChI=1S/C12H20N4O2/c1-5-15(8-9(2)3)12-7-10(16(17)18)6-11(13-4)14-12/h6-7,9H,5,8H2,1-4H3,(H,13,14). The quantitative estimate of drug-likeness (QED) is 0.622. The fraction of sp³-hybridized carbons (Fsp3) is 0.583. The lowest BCUT2D eigenvalue weighted by Crippen LogP contribution is -2.28. The zero-order valence-electron chi connectivity index (χ0n) is 11.3. The van der Waals surface area contributed by atoms with Crippen LogP contribution in [0.2, 0.25) is 0 Å². The summed E-state index contributed by atoms with van der Waals surface area (Å²) in [5.41, 5.74) is 0.0616. The Balaban J connectivity index is 3.12. The largest absolute Gasteiger partial charge is 0.373 e. The van der Waals surface area contributed by atoms with Crippen molar-refractivity contribution in [3.05, 3.63) is 22.2 Å². The Morgan fingerprint density at radius 3 is 2.61 bits per heavy atom. The number of pyridine rings is 1. The molecule has 1 aromatic heterocycles. The predicted octanol–water partition coefficient (Wildman–Crippen LogP) is 2.51. The molecule has 1 N–H and O–H groups in total. The lowest BCUT2D eigenvalue weighted by atomic mass is 10.2. The van der Waals surface area contributed by atoms with E-state index >= 15 is 0 Å². The molecule has 0 aliphatic heterocycles. The molecule has 0 atom stereocenters. The van der Waals surface area contributed by atoms with Gasteiger partial charge in [0.15, 0.2) is 0 Å². The van der Waals surface area contributed by atoms with E-state index < -0.39 is 4.92 Å². The van der Waals surface area contributed by atoms with Crippen molar-refractivity contribution in [1.82, 2.24) is 4.98 Å². The molecular weight excluding hydrogens is 232 g/mol. The van der Waals surface area contributed by atoms with E-state index in [1.807, 2.05) is 11.8 Å². The number of aromatic nitrogens is 1. The summed E-state index contributed by atoms with van der Waals surface area (Å²) < 4.78 is 0. The Morgan fingerprint density at radius 2 is 2.17 bits per heavy atom. The number of rotatable bonds is 6. The molecule has 6 nitrogen and oxygen atoms in total. The van der Waals surface area contributed by atoms with Crippen LogP contribution in [-0.2, 0) is 0 Å². The van der Waals surface area contributed by atoms with E-state index in [-0.39, 0.29) is 5.69 Å². The minimum atomic E-state index is -0.394. The van der Waals surface area contributed by atoms with Gasteiger partial charge in [0.2, 0.25) is 0 Å². The van der Waals surface area contributed by atoms with Gasteiger partial charge in [-0.05, 0) is 12.8 Å². The first-order chi connectivity index (χ1) is 8.47. The molecule has 0 saturated heterocycles. The number of nitrogens with zero attached hydrogens (tertiary/aromatic N) is 3. The number of nitro groups is 1. The monoisotopic (exact) mass is 252 g/mol. The van der Waals surface area contributed by atoms with E-state index in [2.05, 4.69) is 24.1 Å². The summed E-state index contributed by atoms with van der Waals surface area (Å²) >= 11 is 0. The van der Waals surface area contributed by atoms with Crippen molar-refractivity contribution in [2.45, 2.75) is 20.8 Å². The van der Waals surface area contributed by atoms with Gasteiger partial charge in [0.25, 0.3) is 5.69 Å². The van der Waals surface area contributed by atoms with Crippen LogP contribution >= 0.6 is 0 Å². The first kappa shape index (κ1) is 14.2. The first-order valence-electron chi connectivity index (χ1n) is 6.07. The van der Waals surface area contributed by atoms with Crippen molar-refractivity contribution < 1.29 is 4.92 Å². The van der Waals surface area contributed by atoms with Crippen LogP contribution in [0.1, 0.15) is 20.8 Å². The number of hydrogen-bond acceptors (Lipinski definition) is 5. The second-order valence-corrected chi connectivity index (χ2v) is 4.51. The summed E-state index contributed by atoms with van der Waals surface area (Å²) in [7, 11) is 1.70. The van der Waals surface area contributed by atoms with Crippen molar-refractivity contribution in [1.29, 1.82) is 0 Å². The van der Waals surface area contributed by atoms with Crippen molar-refractivity contribution in [3.8, 4) is 0 Å². The highest BCUT2D eigenvalue weighted by Crippen LogP contribution is 2.23. The summed E-state index contributed by atoms with van der Waals surface area (Å²) in [5.74, 6) is 1.63. The molecule has 0 radical (unpaired) electrons. The zero-order chi connectivity index (χ0) is 13.7. The molecule has 1 aromatic rings. The van der Waals surface area contributed by atoms with Gasteiger partial charge in [-0.25, -0.2) is 4.98 Å². The lowest BCUT2D eigenvalue weighted by molar-refractivity contribution is -0.384. The van der Waals surface area contributed by atoms with Crippen molar-refractivity contribution in [2.24, 2.45) is 5.92 Å². The van der Waals surface area contributed by atoms with Gasteiger partial charge in [0, 0.05) is 20.1 Å². The van der Waals surface area contributed by atoms with E-state index in [9.17, 15) is 10.1 Å². The Kier molecular flexibility index (Phi) is 4.88. The van der Waals surface area contributed by atoms with E-state index in [0.29, 0.717) is 17.6 Å². The smallest absolute Gasteiger partial charge is 0.276 e. The highest BCUT2D eigenvalue weighted by molar-refractivity contribution is 5.55. The maximum absolute atomic E-state index is 10.9. The maximum atomic E-state index is 10.9. The van der Waals surface area contributed by atoms with Gasteiger partial charge in [-0.3, -0.25) is 10.1 Å². The summed E-state index contributed by atoms with van der Waals surface area (Å²) in [5, 5.41) is 13.7. The van der Waals surface area contributed by atoms with Crippen LogP contribution in [0.5, 0.6) is 0 Å². The van der Waals surface area contributed by atoms with E-state index in [1.165, 1.54) is 12.1 Å². The van der Waals surface area contributed by atoms with Crippen LogP contribution in [-0.4, -0.2) is 30.0 Å². The second-order valence-electron chi connectivity index (χ2n) is 4.51. The van der Waals surface area contributed by atoms with Gasteiger partial charge in [0.1, 0.15) is 11.6 Å². The van der Waals surface area contributed by atoms with Gasteiger partial charge in [-0.15, -0.1) is 0 Å². The molecule has 18 heavy (non-hydrogen) atoms. The molecule has 1 rings (SSSR count). The lowest BCUT2D eigenvalue weighted by Gasteiger charge is -2.24. The van der Waals surface area contributed by atoms with Gasteiger partial charge in [-0.2, -0.15) is 0 Å². The van der Waals surface area contributed by atoms with Crippen molar-refractivity contribution in [3.63, 3.8) is 0 Å². The Labute approximate surface area is 107 Å². The molecular formula is C12H20N4O2.